The number of nitrogens with zero attached hydrogens (tertiary/aromatic N) is 4. The zero-order valence-corrected chi connectivity index (χ0v) is 19.1. The summed E-state index contributed by atoms with van der Waals surface area (Å²) in [6.45, 7) is 4.05. The Kier molecular flexibility index (Phi) is 7.70. The molecule has 0 radical (unpaired) electrons. The predicted octanol–water partition coefficient (Wildman–Crippen LogP) is 1.86. The van der Waals surface area contributed by atoms with E-state index in [1.807, 2.05) is 41.3 Å². The van der Waals surface area contributed by atoms with Gasteiger partial charge in [0, 0.05) is 58.4 Å². The van der Waals surface area contributed by atoms with Gasteiger partial charge in [0.15, 0.2) is 0 Å². The summed E-state index contributed by atoms with van der Waals surface area (Å²) in [5.74, 6) is 1.01. The summed E-state index contributed by atoms with van der Waals surface area (Å²) < 4.78 is 7.09. The van der Waals surface area contributed by atoms with Crippen molar-refractivity contribution in [1.82, 2.24) is 24.7 Å². The monoisotopic (exact) mass is 449 g/mol. The number of aryl methyl sites for hydroxylation is 1. The highest BCUT2D eigenvalue weighted by Gasteiger charge is 2.23. The molecule has 2 heterocycles. The van der Waals surface area contributed by atoms with Crippen LogP contribution in [-0.4, -0.2) is 84.2 Å². The van der Waals surface area contributed by atoms with Gasteiger partial charge in [-0.25, -0.2) is 4.98 Å². The van der Waals surface area contributed by atoms with Gasteiger partial charge in [-0.05, 0) is 24.3 Å². The minimum Gasteiger partial charge on any atom is -0.383 e. The van der Waals surface area contributed by atoms with Crippen molar-refractivity contribution in [3.05, 3.63) is 60.4 Å². The lowest BCUT2D eigenvalue weighted by Crippen LogP contribution is -2.51. The number of hydrogen-bond donors (Lipinski definition) is 1. The van der Waals surface area contributed by atoms with Crippen molar-refractivity contribution in [2.75, 3.05) is 53.0 Å². The van der Waals surface area contributed by atoms with Crippen LogP contribution in [0.1, 0.15) is 12.2 Å². The molecule has 1 saturated heterocycles. The van der Waals surface area contributed by atoms with Crippen LogP contribution in [0.3, 0.4) is 0 Å². The number of carbonyl (C=O) groups is 2. The number of methoxy groups -OCH3 is 1. The number of amides is 2. The molecule has 1 N–H and O–H groups in total. The second-order valence-corrected chi connectivity index (χ2v) is 8.19. The lowest BCUT2D eigenvalue weighted by Gasteiger charge is -2.34. The highest BCUT2D eigenvalue weighted by atomic mass is 16.5. The molecule has 2 amide bonds. The number of carbonyl (C=O) groups excluding carboxylic acids is 2. The summed E-state index contributed by atoms with van der Waals surface area (Å²) >= 11 is 0. The molecule has 1 aliphatic heterocycles. The average molecular weight is 450 g/mol. The zero-order valence-electron chi connectivity index (χ0n) is 19.1. The molecule has 0 saturated carbocycles. The van der Waals surface area contributed by atoms with E-state index >= 15 is 0 Å². The topological polar surface area (TPSA) is 79.7 Å². The molecule has 0 aliphatic carbocycles. The van der Waals surface area contributed by atoms with E-state index in [0.717, 1.165) is 22.5 Å². The van der Waals surface area contributed by atoms with Crippen LogP contribution in [0.4, 0.5) is 0 Å². The molecule has 4 rings (SSSR count). The normalized spacial score (nSPS) is 14.5. The van der Waals surface area contributed by atoms with Gasteiger partial charge in [-0.2, -0.15) is 0 Å². The largest absolute Gasteiger partial charge is 0.383 e. The van der Waals surface area contributed by atoms with Gasteiger partial charge >= 0.3 is 0 Å². The summed E-state index contributed by atoms with van der Waals surface area (Å²) in [5.41, 5.74) is 3.02. The molecule has 0 unspecified atom stereocenters. The molecule has 8 nitrogen and oxygen atoms in total. The summed E-state index contributed by atoms with van der Waals surface area (Å²) in [4.78, 5) is 33.7. The van der Waals surface area contributed by atoms with E-state index in [1.165, 1.54) is 0 Å². The van der Waals surface area contributed by atoms with Crippen LogP contribution in [0.2, 0.25) is 0 Å². The zero-order chi connectivity index (χ0) is 23.0. The van der Waals surface area contributed by atoms with Crippen molar-refractivity contribution < 1.29 is 14.3 Å². The van der Waals surface area contributed by atoms with Crippen molar-refractivity contribution in [2.24, 2.45) is 0 Å². The van der Waals surface area contributed by atoms with Crippen LogP contribution in [0.5, 0.6) is 0 Å². The Labute approximate surface area is 194 Å². The molecule has 33 heavy (non-hydrogen) atoms. The van der Waals surface area contributed by atoms with E-state index in [1.54, 1.807) is 7.11 Å². The Balaban J connectivity index is 1.33. The average Bonchev–Trinajstić information content (AvgIpc) is 3.22. The molecule has 0 spiro atoms. The predicted molar refractivity (Wildman–Crippen MR) is 127 cm³/mol. The van der Waals surface area contributed by atoms with Crippen molar-refractivity contribution >= 4 is 22.8 Å². The number of imidazole rings is 1. The smallest absolute Gasteiger partial charge is 0.234 e. The minimum absolute atomic E-state index is 0.00774. The van der Waals surface area contributed by atoms with E-state index in [-0.39, 0.29) is 11.8 Å². The van der Waals surface area contributed by atoms with Crippen LogP contribution in [0.25, 0.3) is 16.7 Å². The highest BCUT2D eigenvalue weighted by Crippen LogP contribution is 2.22. The first-order valence-electron chi connectivity index (χ1n) is 11.4. The van der Waals surface area contributed by atoms with Crippen molar-refractivity contribution in [1.29, 1.82) is 0 Å². The number of para-hydroxylation sites is 3. The lowest BCUT2D eigenvalue weighted by molar-refractivity contribution is -0.133. The third-order valence-corrected chi connectivity index (χ3v) is 5.93. The summed E-state index contributed by atoms with van der Waals surface area (Å²) in [7, 11) is 1.61. The van der Waals surface area contributed by atoms with E-state index in [2.05, 4.69) is 33.0 Å². The number of benzene rings is 2. The van der Waals surface area contributed by atoms with Gasteiger partial charge in [-0.15, -0.1) is 0 Å². The Morgan fingerprint density at radius 3 is 2.48 bits per heavy atom. The molecule has 174 valence electrons. The standard InChI is InChI=1S/C25H31N5O3/c1-33-18-13-26-24(31)19-28-14-16-29(17-15-28)25(32)12-11-23-27-21-9-5-6-10-22(21)30(23)20-7-3-2-4-8-20/h2-10H,11-19H2,1H3,(H,26,31). The molecule has 3 aromatic rings. The lowest BCUT2D eigenvalue weighted by atomic mass is 10.2. The first-order valence-corrected chi connectivity index (χ1v) is 11.4. The van der Waals surface area contributed by atoms with Crippen LogP contribution in [0, 0.1) is 0 Å². The second-order valence-electron chi connectivity index (χ2n) is 8.19. The van der Waals surface area contributed by atoms with Gasteiger partial charge in [0.2, 0.25) is 11.8 Å². The summed E-state index contributed by atoms with van der Waals surface area (Å²) in [5, 5.41) is 2.84. The maximum absolute atomic E-state index is 12.9. The fourth-order valence-electron chi connectivity index (χ4n) is 4.19. The van der Waals surface area contributed by atoms with Gasteiger partial charge < -0.3 is 15.0 Å². The van der Waals surface area contributed by atoms with Crippen LogP contribution in [-0.2, 0) is 20.7 Å². The second kappa shape index (κ2) is 11.1. The maximum atomic E-state index is 12.9. The number of hydrogen-bond acceptors (Lipinski definition) is 5. The van der Waals surface area contributed by atoms with Gasteiger partial charge in [-0.1, -0.05) is 30.3 Å². The Morgan fingerprint density at radius 1 is 1.00 bits per heavy atom. The van der Waals surface area contributed by atoms with E-state index < -0.39 is 0 Å². The highest BCUT2D eigenvalue weighted by molar-refractivity contribution is 5.80. The van der Waals surface area contributed by atoms with Gasteiger partial charge in [0.05, 0.1) is 24.2 Å². The third kappa shape index (κ3) is 5.77. The van der Waals surface area contributed by atoms with Crippen LogP contribution < -0.4 is 5.32 Å². The number of piperazine rings is 1. The van der Waals surface area contributed by atoms with Gasteiger partial charge in [0.1, 0.15) is 5.82 Å². The minimum atomic E-state index is -0.00774. The Hall–Kier alpha value is -3.23. The van der Waals surface area contributed by atoms with Gasteiger partial charge in [-0.3, -0.25) is 19.1 Å². The number of aromatic nitrogens is 2. The fraction of sp³-hybridized carbons (Fsp3) is 0.400. The van der Waals surface area contributed by atoms with Crippen molar-refractivity contribution in [2.45, 2.75) is 12.8 Å². The number of fused-ring (bicyclic) bond motifs is 1. The first kappa shape index (κ1) is 22.9. The molecule has 1 aromatic heterocycles. The third-order valence-electron chi connectivity index (χ3n) is 5.93. The SMILES string of the molecule is COCCNC(=O)CN1CCN(C(=O)CCc2nc3ccccc3n2-c2ccccc2)CC1. The number of nitrogens with one attached hydrogen (secondary N) is 1. The number of rotatable bonds is 9. The fourth-order valence-corrected chi connectivity index (χ4v) is 4.19. The molecule has 1 aliphatic rings. The quantitative estimate of drug-likeness (QED) is 0.505. The number of ether oxygens (including phenoxy) is 1. The molecule has 2 aromatic carbocycles. The Bertz CT molecular complexity index is 1070. The molecular formula is C25H31N5O3. The Morgan fingerprint density at radius 2 is 1.73 bits per heavy atom. The molecular weight excluding hydrogens is 418 g/mol. The summed E-state index contributed by atoms with van der Waals surface area (Å²) in [6.07, 6.45) is 0.984. The van der Waals surface area contributed by atoms with Crippen LogP contribution >= 0.6 is 0 Å². The summed E-state index contributed by atoms with van der Waals surface area (Å²) in [6, 6.07) is 18.2. The van der Waals surface area contributed by atoms with E-state index in [4.69, 9.17) is 9.72 Å². The molecule has 0 atom stereocenters. The molecule has 1 fully saturated rings. The van der Waals surface area contributed by atoms with Crippen molar-refractivity contribution in [3.63, 3.8) is 0 Å². The maximum Gasteiger partial charge on any atom is 0.234 e. The first-order chi connectivity index (χ1) is 16.2. The van der Waals surface area contributed by atoms with Crippen LogP contribution in [0.15, 0.2) is 54.6 Å². The molecule has 8 heteroatoms. The van der Waals surface area contributed by atoms with E-state index in [9.17, 15) is 9.59 Å². The van der Waals surface area contributed by atoms with Gasteiger partial charge in [0.25, 0.3) is 0 Å². The molecule has 0 bridgehead atoms. The van der Waals surface area contributed by atoms with Crippen molar-refractivity contribution in [3.8, 4) is 5.69 Å². The van der Waals surface area contributed by atoms with E-state index in [0.29, 0.717) is 58.7 Å².